The lowest BCUT2D eigenvalue weighted by Crippen LogP contribution is -2.47. The van der Waals surface area contributed by atoms with Crippen molar-refractivity contribution in [1.29, 1.82) is 0 Å². The van der Waals surface area contributed by atoms with Crippen molar-refractivity contribution in [3.63, 3.8) is 0 Å². The predicted molar refractivity (Wildman–Crippen MR) is 109 cm³/mol. The highest BCUT2D eigenvalue weighted by Gasteiger charge is 2.41. The summed E-state index contributed by atoms with van der Waals surface area (Å²) in [6.07, 6.45) is 5.71. The Morgan fingerprint density at radius 3 is 2.79 bits per heavy atom. The second-order valence-electron chi connectivity index (χ2n) is 7.12. The molecule has 0 radical (unpaired) electrons. The van der Waals surface area contributed by atoms with Crippen LogP contribution in [0.1, 0.15) is 32.6 Å². The molecule has 3 heterocycles. The van der Waals surface area contributed by atoms with Crippen LogP contribution in [0.5, 0.6) is 0 Å². The maximum Gasteiger partial charge on any atom is 0.191 e. The van der Waals surface area contributed by atoms with Crippen LogP contribution in [0.4, 0.5) is 0 Å². The van der Waals surface area contributed by atoms with Gasteiger partial charge in [0.15, 0.2) is 5.96 Å². The van der Waals surface area contributed by atoms with E-state index in [1.165, 1.54) is 38.9 Å². The van der Waals surface area contributed by atoms with Crippen LogP contribution in [-0.4, -0.2) is 86.9 Å². The van der Waals surface area contributed by atoms with Crippen LogP contribution in [0.3, 0.4) is 0 Å². The second kappa shape index (κ2) is 10.1. The summed E-state index contributed by atoms with van der Waals surface area (Å²) < 4.78 is 5.93. The summed E-state index contributed by atoms with van der Waals surface area (Å²) in [6.45, 7) is 9.69. The van der Waals surface area contributed by atoms with Gasteiger partial charge in [0.05, 0.1) is 24.8 Å². The lowest BCUT2D eigenvalue weighted by molar-refractivity contribution is 0.0992. The molecule has 3 fully saturated rings. The predicted octanol–water partition coefficient (Wildman–Crippen LogP) is 1.12. The maximum absolute atomic E-state index is 5.93. The number of hydrogen-bond donors (Lipinski definition) is 2. The molecule has 0 aromatic carbocycles. The lowest BCUT2D eigenvalue weighted by atomic mass is 9.96. The fraction of sp³-hybridized carbons (Fsp3) is 0.941. The number of ether oxygens (including phenoxy) is 1. The van der Waals surface area contributed by atoms with Gasteiger partial charge in [0.2, 0.25) is 0 Å². The first kappa shape index (κ1) is 20.2. The van der Waals surface area contributed by atoms with Gasteiger partial charge in [-0.25, -0.2) is 0 Å². The van der Waals surface area contributed by atoms with Crippen LogP contribution in [0, 0.1) is 0 Å². The molecule has 140 valence electrons. The van der Waals surface area contributed by atoms with Crippen LogP contribution in [-0.2, 0) is 4.74 Å². The molecule has 0 amide bonds. The van der Waals surface area contributed by atoms with Gasteiger partial charge < -0.3 is 25.2 Å². The minimum atomic E-state index is 0. The molecule has 0 spiro atoms. The number of nitrogens with zero attached hydrogens (tertiary/aromatic N) is 3. The zero-order valence-corrected chi connectivity index (χ0v) is 17.5. The molecule has 3 unspecified atom stereocenters. The summed E-state index contributed by atoms with van der Waals surface area (Å²) in [5.74, 6) is 0.959. The summed E-state index contributed by atoms with van der Waals surface area (Å²) >= 11 is 0. The quantitative estimate of drug-likeness (QED) is 0.373. The Bertz CT molecular complexity index is 408. The highest BCUT2D eigenvalue weighted by Crippen LogP contribution is 2.34. The molecule has 3 rings (SSSR count). The van der Waals surface area contributed by atoms with Crippen molar-refractivity contribution in [3.05, 3.63) is 0 Å². The highest BCUT2D eigenvalue weighted by molar-refractivity contribution is 14.0. The smallest absolute Gasteiger partial charge is 0.191 e. The molecule has 6 nitrogen and oxygen atoms in total. The molecule has 0 aromatic heterocycles. The molecule has 7 heteroatoms. The van der Waals surface area contributed by atoms with E-state index in [0.29, 0.717) is 18.2 Å². The summed E-state index contributed by atoms with van der Waals surface area (Å²) in [6, 6.07) is 0.443. The molecule has 3 aliphatic rings. The topological polar surface area (TPSA) is 52.1 Å². The van der Waals surface area contributed by atoms with Gasteiger partial charge in [-0.2, -0.15) is 0 Å². The number of fused-ring (bicyclic) bond motifs is 2. The van der Waals surface area contributed by atoms with Crippen molar-refractivity contribution < 1.29 is 4.74 Å². The number of hydrogen-bond acceptors (Lipinski definition) is 4. The SMILES string of the molecule is CCNC(=NCCN1CCCN(C)CC1)NC1CC2CCC1O2.I. The third-order valence-electron chi connectivity index (χ3n) is 5.27. The monoisotopic (exact) mass is 451 g/mol. The van der Waals surface area contributed by atoms with Crippen LogP contribution in [0.2, 0.25) is 0 Å². The lowest BCUT2D eigenvalue weighted by Gasteiger charge is -2.23. The van der Waals surface area contributed by atoms with Gasteiger partial charge in [-0.3, -0.25) is 4.99 Å². The van der Waals surface area contributed by atoms with Crippen molar-refractivity contribution in [3.8, 4) is 0 Å². The molecule has 3 atom stereocenters. The average molecular weight is 451 g/mol. The molecule has 2 bridgehead atoms. The molecular weight excluding hydrogens is 417 g/mol. The molecule has 24 heavy (non-hydrogen) atoms. The van der Waals surface area contributed by atoms with Gasteiger partial charge in [-0.15, -0.1) is 24.0 Å². The molecule has 0 saturated carbocycles. The van der Waals surface area contributed by atoms with Crippen LogP contribution in [0.25, 0.3) is 0 Å². The Labute approximate surface area is 163 Å². The van der Waals surface area contributed by atoms with Crippen molar-refractivity contribution in [1.82, 2.24) is 20.4 Å². The number of halogens is 1. The summed E-state index contributed by atoms with van der Waals surface area (Å²) in [4.78, 5) is 9.75. The Balaban J connectivity index is 0.00000208. The Kier molecular flexibility index (Phi) is 8.53. The van der Waals surface area contributed by atoms with Gasteiger partial charge in [-0.05, 0) is 52.7 Å². The van der Waals surface area contributed by atoms with E-state index in [9.17, 15) is 0 Å². The van der Waals surface area contributed by atoms with Crippen molar-refractivity contribution in [2.75, 3.05) is 52.9 Å². The molecule has 3 saturated heterocycles. The summed E-state index contributed by atoms with van der Waals surface area (Å²) in [7, 11) is 2.21. The Morgan fingerprint density at radius 2 is 2.08 bits per heavy atom. The van der Waals surface area contributed by atoms with E-state index in [1.54, 1.807) is 0 Å². The van der Waals surface area contributed by atoms with Gasteiger partial charge in [0.25, 0.3) is 0 Å². The molecular formula is C17H34IN5O. The van der Waals surface area contributed by atoms with Crippen LogP contribution in [0.15, 0.2) is 4.99 Å². The maximum atomic E-state index is 5.93. The minimum Gasteiger partial charge on any atom is -0.373 e. The van der Waals surface area contributed by atoms with Crippen molar-refractivity contribution >= 4 is 29.9 Å². The second-order valence-corrected chi connectivity index (χ2v) is 7.12. The van der Waals surface area contributed by atoms with E-state index in [1.807, 2.05) is 0 Å². The molecule has 2 N–H and O–H groups in total. The van der Waals surface area contributed by atoms with Crippen molar-refractivity contribution in [2.45, 2.75) is 50.9 Å². The van der Waals surface area contributed by atoms with Gasteiger partial charge in [0, 0.05) is 26.2 Å². The van der Waals surface area contributed by atoms with Gasteiger partial charge in [-0.1, -0.05) is 0 Å². The normalized spacial score (nSPS) is 31.6. The largest absolute Gasteiger partial charge is 0.373 e. The Morgan fingerprint density at radius 1 is 1.21 bits per heavy atom. The zero-order valence-electron chi connectivity index (χ0n) is 15.2. The third-order valence-corrected chi connectivity index (χ3v) is 5.27. The van der Waals surface area contributed by atoms with E-state index < -0.39 is 0 Å². The third kappa shape index (κ3) is 5.71. The fourth-order valence-electron chi connectivity index (χ4n) is 3.91. The molecule has 3 aliphatic heterocycles. The molecule has 0 aromatic rings. The number of aliphatic imine (C=N–C) groups is 1. The van der Waals surface area contributed by atoms with E-state index in [0.717, 1.165) is 38.6 Å². The number of rotatable bonds is 5. The average Bonchev–Trinajstić information content (AvgIpc) is 3.09. The first-order chi connectivity index (χ1) is 11.2. The fourth-order valence-corrected chi connectivity index (χ4v) is 3.91. The summed E-state index contributed by atoms with van der Waals surface area (Å²) in [5.41, 5.74) is 0. The highest BCUT2D eigenvalue weighted by atomic mass is 127. The van der Waals surface area contributed by atoms with Crippen LogP contribution < -0.4 is 10.6 Å². The standard InChI is InChI=1S/C17H33N5O.HI/c1-3-18-17(20-15-13-14-5-6-16(15)23-14)19-7-10-22-9-4-8-21(2)11-12-22;/h14-16H,3-13H2,1-2H3,(H2,18,19,20);1H. The zero-order chi connectivity index (χ0) is 16.1. The first-order valence-corrected chi connectivity index (χ1v) is 9.36. The van der Waals surface area contributed by atoms with Crippen LogP contribution >= 0.6 is 24.0 Å². The van der Waals surface area contributed by atoms with Gasteiger partial charge >= 0.3 is 0 Å². The van der Waals surface area contributed by atoms with Crippen molar-refractivity contribution in [2.24, 2.45) is 4.99 Å². The number of guanidine groups is 1. The summed E-state index contributed by atoms with van der Waals surface area (Å²) in [5, 5.41) is 6.98. The van der Waals surface area contributed by atoms with E-state index >= 15 is 0 Å². The molecule has 0 aliphatic carbocycles. The van der Waals surface area contributed by atoms with E-state index in [2.05, 4.69) is 34.4 Å². The Hall–Kier alpha value is -0.120. The van der Waals surface area contributed by atoms with E-state index in [-0.39, 0.29) is 24.0 Å². The van der Waals surface area contributed by atoms with E-state index in [4.69, 9.17) is 9.73 Å². The number of nitrogens with one attached hydrogen (secondary N) is 2. The van der Waals surface area contributed by atoms with Gasteiger partial charge in [0.1, 0.15) is 0 Å². The minimum absolute atomic E-state index is 0. The number of likely N-dealkylation sites (N-methyl/N-ethyl adjacent to an activating group) is 1. The first-order valence-electron chi connectivity index (χ1n) is 9.36.